The number of nitrogens with zero attached hydrogens (tertiary/aromatic N) is 2. The normalized spacial score (nSPS) is 12.1. The number of nitrogens with one attached hydrogen (secondary N) is 1. The van der Waals surface area contributed by atoms with Crippen LogP contribution in [0.1, 0.15) is 6.42 Å². The van der Waals surface area contributed by atoms with Gasteiger partial charge in [-0.2, -0.15) is 0 Å². The van der Waals surface area contributed by atoms with E-state index >= 15 is 0 Å². The van der Waals surface area contributed by atoms with Crippen LogP contribution in [0.25, 0.3) is 11.0 Å². The van der Waals surface area contributed by atoms with Crippen molar-refractivity contribution < 1.29 is 9.59 Å². The number of primary amides is 1. The lowest BCUT2D eigenvalue weighted by Gasteiger charge is -2.11. The Kier molecular flexibility index (Phi) is 4.11. The topological polar surface area (TPSA) is 124 Å². The standard InChI is InChI=1S/C12H12ClN5O2/c13-10-11(18-12(20)6(14)5-9(15)19)17-8-4-2-1-3-7(8)16-10/h1-4,6H,5,14H2,(H2,15,19)(H,17,18,20). The van der Waals surface area contributed by atoms with E-state index < -0.39 is 17.9 Å². The minimum atomic E-state index is -1.06. The molecule has 0 spiro atoms. The highest BCUT2D eigenvalue weighted by atomic mass is 35.5. The first-order valence-corrected chi connectivity index (χ1v) is 6.12. The number of hydrogen-bond acceptors (Lipinski definition) is 5. The average Bonchev–Trinajstić information content (AvgIpc) is 2.38. The summed E-state index contributed by atoms with van der Waals surface area (Å²) < 4.78 is 0. The van der Waals surface area contributed by atoms with Gasteiger partial charge in [0.05, 0.1) is 23.5 Å². The number of rotatable bonds is 4. The van der Waals surface area contributed by atoms with E-state index in [0.29, 0.717) is 11.0 Å². The lowest BCUT2D eigenvalue weighted by Crippen LogP contribution is -2.39. The third kappa shape index (κ3) is 3.19. The van der Waals surface area contributed by atoms with Gasteiger partial charge in [-0.1, -0.05) is 23.7 Å². The summed E-state index contributed by atoms with van der Waals surface area (Å²) >= 11 is 5.94. The number of hydrogen-bond donors (Lipinski definition) is 3. The van der Waals surface area contributed by atoms with Crippen LogP contribution < -0.4 is 16.8 Å². The molecular weight excluding hydrogens is 282 g/mol. The number of nitrogens with two attached hydrogens (primary N) is 2. The molecule has 1 unspecified atom stereocenters. The molecule has 0 aliphatic rings. The van der Waals surface area contributed by atoms with E-state index in [-0.39, 0.29) is 17.4 Å². The SMILES string of the molecule is NC(=O)CC(N)C(=O)Nc1nc2ccccc2nc1Cl. The Labute approximate surface area is 119 Å². The molecule has 0 aliphatic carbocycles. The van der Waals surface area contributed by atoms with Crippen molar-refractivity contribution in [2.24, 2.45) is 11.5 Å². The minimum absolute atomic E-state index is 0.0447. The second-order valence-electron chi connectivity index (χ2n) is 4.12. The van der Waals surface area contributed by atoms with Gasteiger partial charge in [-0.15, -0.1) is 0 Å². The van der Waals surface area contributed by atoms with Crippen LogP contribution in [-0.4, -0.2) is 27.8 Å². The predicted octanol–water partition coefficient (Wildman–Crippen LogP) is 0.424. The molecule has 0 bridgehead atoms. The molecule has 1 heterocycles. The molecule has 1 aromatic heterocycles. The molecule has 0 fully saturated rings. The van der Waals surface area contributed by atoms with Gasteiger partial charge in [-0.3, -0.25) is 9.59 Å². The van der Waals surface area contributed by atoms with Crippen LogP contribution in [0.5, 0.6) is 0 Å². The zero-order chi connectivity index (χ0) is 14.7. The zero-order valence-corrected chi connectivity index (χ0v) is 11.1. The van der Waals surface area contributed by atoms with E-state index in [1.165, 1.54) is 0 Å². The van der Waals surface area contributed by atoms with Gasteiger partial charge in [0, 0.05) is 0 Å². The fourth-order valence-corrected chi connectivity index (χ4v) is 1.76. The Morgan fingerprint density at radius 2 is 1.85 bits per heavy atom. The van der Waals surface area contributed by atoms with E-state index in [1.807, 2.05) is 0 Å². The molecule has 8 heteroatoms. The van der Waals surface area contributed by atoms with Crippen molar-refractivity contribution in [2.45, 2.75) is 12.5 Å². The Morgan fingerprint density at radius 1 is 1.25 bits per heavy atom. The number of fused-ring (bicyclic) bond motifs is 1. The first kappa shape index (κ1) is 14.2. The van der Waals surface area contributed by atoms with Gasteiger partial charge in [0.2, 0.25) is 11.8 Å². The quantitative estimate of drug-likeness (QED) is 0.754. The van der Waals surface area contributed by atoms with Crippen molar-refractivity contribution in [2.75, 3.05) is 5.32 Å². The Bertz CT molecular complexity index is 676. The molecule has 20 heavy (non-hydrogen) atoms. The van der Waals surface area contributed by atoms with Gasteiger partial charge < -0.3 is 16.8 Å². The van der Waals surface area contributed by atoms with Crippen molar-refractivity contribution in [1.29, 1.82) is 0 Å². The number of aromatic nitrogens is 2. The summed E-state index contributed by atoms with van der Waals surface area (Å²) in [4.78, 5) is 30.8. The molecule has 1 atom stereocenters. The molecule has 2 rings (SSSR count). The van der Waals surface area contributed by atoms with Crippen molar-refractivity contribution in [1.82, 2.24) is 9.97 Å². The predicted molar refractivity (Wildman–Crippen MR) is 75.0 cm³/mol. The second kappa shape index (κ2) is 5.81. The minimum Gasteiger partial charge on any atom is -0.370 e. The van der Waals surface area contributed by atoms with Crippen molar-refractivity contribution in [3.8, 4) is 0 Å². The fourth-order valence-electron chi connectivity index (χ4n) is 1.58. The zero-order valence-electron chi connectivity index (χ0n) is 10.3. The highest BCUT2D eigenvalue weighted by Gasteiger charge is 2.18. The Morgan fingerprint density at radius 3 is 2.45 bits per heavy atom. The highest BCUT2D eigenvalue weighted by molar-refractivity contribution is 6.32. The highest BCUT2D eigenvalue weighted by Crippen LogP contribution is 2.21. The number of amides is 2. The summed E-state index contributed by atoms with van der Waals surface area (Å²) in [5.41, 5.74) is 11.7. The van der Waals surface area contributed by atoms with Crippen LogP contribution in [0.15, 0.2) is 24.3 Å². The molecule has 7 nitrogen and oxygen atoms in total. The Hall–Kier alpha value is -2.25. The number of carbonyl (C=O) groups is 2. The molecule has 5 N–H and O–H groups in total. The van der Waals surface area contributed by atoms with Crippen molar-refractivity contribution in [3.63, 3.8) is 0 Å². The molecule has 0 saturated carbocycles. The van der Waals surface area contributed by atoms with Crippen LogP contribution in [-0.2, 0) is 9.59 Å². The van der Waals surface area contributed by atoms with Gasteiger partial charge in [0.25, 0.3) is 0 Å². The van der Waals surface area contributed by atoms with Gasteiger partial charge >= 0.3 is 0 Å². The number of anilines is 1. The largest absolute Gasteiger partial charge is 0.370 e. The molecule has 2 aromatic rings. The van der Waals surface area contributed by atoms with Crippen LogP contribution in [0.3, 0.4) is 0 Å². The molecule has 2 amide bonds. The molecular formula is C12H12ClN5O2. The van der Waals surface area contributed by atoms with Crippen molar-refractivity contribution in [3.05, 3.63) is 29.4 Å². The van der Waals surface area contributed by atoms with Gasteiger partial charge in [-0.05, 0) is 12.1 Å². The number of halogens is 1. The van der Waals surface area contributed by atoms with Gasteiger partial charge in [-0.25, -0.2) is 9.97 Å². The van der Waals surface area contributed by atoms with Gasteiger partial charge in [0.15, 0.2) is 11.0 Å². The summed E-state index contributed by atoms with van der Waals surface area (Å²) in [5.74, 6) is -1.17. The lowest BCUT2D eigenvalue weighted by atomic mass is 10.2. The first-order valence-electron chi connectivity index (χ1n) is 5.74. The first-order chi connectivity index (χ1) is 9.47. The fraction of sp³-hybridized carbons (Fsp3) is 0.167. The second-order valence-corrected chi connectivity index (χ2v) is 4.48. The maximum absolute atomic E-state index is 11.8. The van der Waals surface area contributed by atoms with Crippen molar-refractivity contribution >= 4 is 40.3 Å². The smallest absolute Gasteiger partial charge is 0.243 e. The van der Waals surface area contributed by atoms with Gasteiger partial charge in [0.1, 0.15) is 0 Å². The number of para-hydroxylation sites is 2. The van der Waals surface area contributed by atoms with Crippen LogP contribution in [0.2, 0.25) is 5.15 Å². The molecule has 1 aromatic carbocycles. The lowest BCUT2D eigenvalue weighted by molar-refractivity contribution is -0.123. The Balaban J connectivity index is 2.23. The van der Waals surface area contributed by atoms with E-state index in [9.17, 15) is 9.59 Å². The average molecular weight is 294 g/mol. The summed E-state index contributed by atoms with van der Waals surface area (Å²) in [7, 11) is 0. The number of carbonyl (C=O) groups excluding carboxylic acids is 2. The van der Waals surface area contributed by atoms with E-state index in [1.54, 1.807) is 24.3 Å². The third-order valence-electron chi connectivity index (χ3n) is 2.53. The summed E-state index contributed by atoms with van der Waals surface area (Å²) in [5, 5.41) is 2.47. The maximum Gasteiger partial charge on any atom is 0.243 e. The summed E-state index contributed by atoms with van der Waals surface area (Å²) in [6.45, 7) is 0. The third-order valence-corrected chi connectivity index (χ3v) is 2.79. The summed E-state index contributed by atoms with van der Waals surface area (Å²) in [6, 6.07) is 6.01. The monoisotopic (exact) mass is 293 g/mol. The molecule has 104 valence electrons. The maximum atomic E-state index is 11.8. The van der Waals surface area contributed by atoms with Crippen LogP contribution in [0.4, 0.5) is 5.82 Å². The van der Waals surface area contributed by atoms with E-state index in [2.05, 4.69) is 15.3 Å². The van der Waals surface area contributed by atoms with E-state index in [0.717, 1.165) is 0 Å². The van der Waals surface area contributed by atoms with Crippen LogP contribution in [0, 0.1) is 0 Å². The molecule has 0 saturated heterocycles. The summed E-state index contributed by atoms with van der Waals surface area (Å²) in [6.07, 6.45) is -0.259. The van der Waals surface area contributed by atoms with Crippen LogP contribution >= 0.6 is 11.6 Å². The molecule has 0 aliphatic heterocycles. The molecule has 0 radical (unpaired) electrons. The van der Waals surface area contributed by atoms with E-state index in [4.69, 9.17) is 23.1 Å². The number of benzene rings is 1.